The van der Waals surface area contributed by atoms with Crippen LogP contribution in [-0.4, -0.2) is 10.1 Å². The Morgan fingerprint density at radius 1 is 1.14 bits per heavy atom. The molecular weight excluding hydrogens is 310 g/mol. The monoisotopic (exact) mass is 327 g/mol. The minimum Gasteiger partial charge on any atom is -0.358 e. The third kappa shape index (κ3) is 3.43. The van der Waals surface area contributed by atoms with Crippen LogP contribution in [0.2, 0.25) is 0 Å². The Morgan fingerprint density at radius 3 is 2.64 bits per heavy atom. The second kappa shape index (κ2) is 6.42. The quantitative estimate of drug-likeness (QED) is 0.699. The van der Waals surface area contributed by atoms with E-state index in [0.29, 0.717) is 11.7 Å². The molecule has 0 bridgehead atoms. The van der Waals surface area contributed by atoms with Crippen molar-refractivity contribution < 1.29 is 0 Å². The zero-order valence-electron chi connectivity index (χ0n) is 12.5. The van der Waals surface area contributed by atoms with Gasteiger partial charge in [-0.05, 0) is 54.9 Å². The highest BCUT2D eigenvalue weighted by atomic mass is 32.1. The number of thiocarbonyl (C=S) groups is 1. The van der Waals surface area contributed by atoms with Crippen molar-refractivity contribution in [3.63, 3.8) is 0 Å². The lowest BCUT2D eigenvalue weighted by atomic mass is 10.1. The van der Waals surface area contributed by atoms with E-state index >= 15 is 0 Å². The van der Waals surface area contributed by atoms with E-state index in [-0.39, 0.29) is 0 Å². The second-order valence-electron chi connectivity index (χ2n) is 5.22. The molecule has 0 unspecified atom stereocenters. The summed E-state index contributed by atoms with van der Waals surface area (Å²) >= 11 is 6.96. The Balaban J connectivity index is 1.66. The lowest BCUT2D eigenvalue weighted by Crippen LogP contribution is -2.27. The summed E-state index contributed by atoms with van der Waals surface area (Å²) in [5.41, 5.74) is 4.75. The number of fused-ring (bicyclic) bond motifs is 1. The Hall–Kier alpha value is -1.98. The second-order valence-corrected chi connectivity index (χ2v) is 6.66. The van der Waals surface area contributed by atoms with Gasteiger partial charge in [0.2, 0.25) is 0 Å². The molecule has 0 saturated carbocycles. The van der Waals surface area contributed by atoms with Crippen molar-refractivity contribution >= 4 is 44.0 Å². The predicted molar refractivity (Wildman–Crippen MR) is 98.6 cm³/mol. The van der Waals surface area contributed by atoms with Crippen LogP contribution in [0.25, 0.3) is 10.2 Å². The van der Waals surface area contributed by atoms with Crippen LogP contribution < -0.4 is 10.6 Å². The number of thiazole rings is 1. The first-order valence-corrected chi connectivity index (χ1v) is 8.31. The van der Waals surface area contributed by atoms with E-state index in [2.05, 4.69) is 53.7 Å². The van der Waals surface area contributed by atoms with E-state index in [4.69, 9.17) is 12.2 Å². The number of aromatic nitrogens is 1. The SMILES string of the molecule is Cc1cc2nc(NC(=S)NCc3ccccc3)sc2cc1C. The van der Waals surface area contributed by atoms with Gasteiger partial charge in [0.15, 0.2) is 10.2 Å². The highest BCUT2D eigenvalue weighted by molar-refractivity contribution is 7.80. The summed E-state index contributed by atoms with van der Waals surface area (Å²) in [7, 11) is 0. The van der Waals surface area contributed by atoms with Crippen molar-refractivity contribution in [3.8, 4) is 0 Å². The summed E-state index contributed by atoms with van der Waals surface area (Å²) < 4.78 is 1.18. The van der Waals surface area contributed by atoms with Gasteiger partial charge in [0.1, 0.15) is 0 Å². The van der Waals surface area contributed by atoms with Crippen LogP contribution in [0.1, 0.15) is 16.7 Å². The largest absolute Gasteiger partial charge is 0.358 e. The first-order valence-electron chi connectivity index (χ1n) is 7.08. The molecule has 5 heteroatoms. The maximum atomic E-state index is 5.34. The molecule has 0 atom stereocenters. The number of rotatable bonds is 3. The maximum Gasteiger partial charge on any atom is 0.190 e. The van der Waals surface area contributed by atoms with Crippen LogP contribution in [0.15, 0.2) is 42.5 Å². The van der Waals surface area contributed by atoms with Gasteiger partial charge >= 0.3 is 0 Å². The standard InChI is InChI=1S/C17H17N3S2/c1-11-8-14-15(9-12(11)2)22-17(19-14)20-16(21)18-10-13-6-4-3-5-7-13/h3-9H,10H2,1-2H3,(H2,18,19,20,21). The molecule has 0 aliphatic rings. The number of aryl methyl sites for hydroxylation is 2. The molecule has 0 aliphatic heterocycles. The molecule has 0 saturated heterocycles. The van der Waals surface area contributed by atoms with E-state index in [1.54, 1.807) is 11.3 Å². The molecule has 1 heterocycles. The first-order chi connectivity index (χ1) is 10.6. The van der Waals surface area contributed by atoms with Crippen LogP contribution >= 0.6 is 23.6 Å². The Morgan fingerprint density at radius 2 is 1.86 bits per heavy atom. The zero-order chi connectivity index (χ0) is 15.5. The molecule has 2 aromatic carbocycles. The predicted octanol–water partition coefficient (Wildman–Crippen LogP) is 4.40. The van der Waals surface area contributed by atoms with Gasteiger partial charge in [-0.1, -0.05) is 41.7 Å². The normalized spacial score (nSPS) is 10.6. The van der Waals surface area contributed by atoms with Crippen molar-refractivity contribution in [2.45, 2.75) is 20.4 Å². The molecule has 3 rings (SSSR count). The summed E-state index contributed by atoms with van der Waals surface area (Å²) in [6, 6.07) is 14.5. The lowest BCUT2D eigenvalue weighted by molar-refractivity contribution is 0.926. The summed E-state index contributed by atoms with van der Waals surface area (Å²) in [5, 5.41) is 7.79. The minimum atomic E-state index is 0.594. The maximum absolute atomic E-state index is 5.34. The van der Waals surface area contributed by atoms with Gasteiger partial charge in [0, 0.05) is 6.54 Å². The van der Waals surface area contributed by atoms with Gasteiger partial charge in [0.25, 0.3) is 0 Å². The van der Waals surface area contributed by atoms with Crippen molar-refractivity contribution in [2.75, 3.05) is 5.32 Å². The topological polar surface area (TPSA) is 37.0 Å². The van der Waals surface area contributed by atoms with Gasteiger partial charge in [-0.25, -0.2) is 4.98 Å². The fourth-order valence-corrected chi connectivity index (χ4v) is 3.34. The molecule has 112 valence electrons. The Kier molecular flexibility index (Phi) is 4.36. The number of hydrogen-bond acceptors (Lipinski definition) is 3. The number of nitrogens with one attached hydrogen (secondary N) is 2. The number of hydrogen-bond donors (Lipinski definition) is 2. The average Bonchev–Trinajstić information content (AvgIpc) is 2.88. The van der Waals surface area contributed by atoms with Crippen LogP contribution in [0.5, 0.6) is 0 Å². The van der Waals surface area contributed by atoms with Crippen molar-refractivity contribution in [2.24, 2.45) is 0 Å². The summed E-state index contributed by atoms with van der Waals surface area (Å²) in [6.07, 6.45) is 0. The van der Waals surface area contributed by atoms with Gasteiger partial charge in [-0.15, -0.1) is 0 Å². The van der Waals surface area contributed by atoms with Crippen LogP contribution in [0.4, 0.5) is 5.13 Å². The van der Waals surface area contributed by atoms with Crippen molar-refractivity contribution in [1.29, 1.82) is 0 Å². The molecule has 0 aliphatic carbocycles. The molecule has 0 amide bonds. The summed E-state index contributed by atoms with van der Waals surface area (Å²) in [6.45, 7) is 4.93. The van der Waals surface area contributed by atoms with Gasteiger partial charge in [-0.2, -0.15) is 0 Å². The molecule has 0 fully saturated rings. The van der Waals surface area contributed by atoms with Crippen molar-refractivity contribution in [1.82, 2.24) is 10.3 Å². The van der Waals surface area contributed by atoms with E-state index in [9.17, 15) is 0 Å². The van der Waals surface area contributed by atoms with E-state index in [1.807, 2.05) is 18.2 Å². The lowest BCUT2D eigenvalue weighted by Gasteiger charge is -2.07. The smallest absolute Gasteiger partial charge is 0.190 e. The van der Waals surface area contributed by atoms with E-state index in [0.717, 1.165) is 10.6 Å². The van der Waals surface area contributed by atoms with Gasteiger partial charge in [0.05, 0.1) is 10.2 Å². The average molecular weight is 327 g/mol. The van der Waals surface area contributed by atoms with E-state index < -0.39 is 0 Å². The summed E-state index contributed by atoms with van der Waals surface area (Å²) in [5.74, 6) is 0. The van der Waals surface area contributed by atoms with Crippen LogP contribution in [-0.2, 0) is 6.54 Å². The highest BCUT2D eigenvalue weighted by Gasteiger charge is 2.07. The molecule has 3 nitrogen and oxygen atoms in total. The van der Waals surface area contributed by atoms with Gasteiger partial charge in [-0.3, -0.25) is 0 Å². The fraction of sp³-hybridized carbons (Fsp3) is 0.176. The number of anilines is 1. The van der Waals surface area contributed by atoms with Crippen LogP contribution in [0.3, 0.4) is 0 Å². The van der Waals surface area contributed by atoms with Gasteiger partial charge < -0.3 is 10.6 Å². The van der Waals surface area contributed by atoms with Crippen molar-refractivity contribution in [3.05, 3.63) is 59.2 Å². The molecule has 1 aromatic heterocycles. The third-order valence-electron chi connectivity index (χ3n) is 3.52. The Bertz CT molecular complexity index is 770. The third-order valence-corrected chi connectivity index (χ3v) is 4.70. The molecule has 22 heavy (non-hydrogen) atoms. The zero-order valence-corrected chi connectivity index (χ0v) is 14.1. The first kappa shape index (κ1) is 14.9. The minimum absolute atomic E-state index is 0.594. The van der Waals surface area contributed by atoms with Crippen LogP contribution in [0, 0.1) is 13.8 Å². The molecule has 3 aromatic rings. The number of nitrogens with zero attached hydrogens (tertiary/aromatic N) is 1. The molecule has 0 radical (unpaired) electrons. The van der Waals surface area contributed by atoms with E-state index in [1.165, 1.54) is 21.4 Å². The Labute approximate surface area is 139 Å². The summed E-state index contributed by atoms with van der Waals surface area (Å²) in [4.78, 5) is 4.59. The molecule has 2 N–H and O–H groups in total. The fourth-order valence-electron chi connectivity index (χ4n) is 2.15. The highest BCUT2D eigenvalue weighted by Crippen LogP contribution is 2.28. The molecule has 0 spiro atoms. The number of benzene rings is 2. The molecular formula is C17H17N3S2.